The number of hydrogen-bond acceptors (Lipinski definition) is 6. The first-order valence-corrected chi connectivity index (χ1v) is 13.2. The second kappa shape index (κ2) is 13.9. The third-order valence-corrected chi connectivity index (χ3v) is 6.68. The highest BCUT2D eigenvalue weighted by Gasteiger charge is 2.21. The average Bonchev–Trinajstić information content (AvgIpc) is 2.97. The molecule has 8 nitrogen and oxygen atoms in total. The largest absolute Gasteiger partial charge is 0.397 e. The van der Waals surface area contributed by atoms with Crippen molar-refractivity contribution < 1.29 is 9.59 Å². The van der Waals surface area contributed by atoms with E-state index in [4.69, 9.17) is 11.0 Å². The zero-order valence-corrected chi connectivity index (χ0v) is 21.9. The van der Waals surface area contributed by atoms with Crippen LogP contribution >= 0.6 is 0 Å². The van der Waals surface area contributed by atoms with Crippen molar-refractivity contribution in [3.8, 4) is 6.07 Å². The molecule has 0 saturated carbocycles. The van der Waals surface area contributed by atoms with Gasteiger partial charge in [0.1, 0.15) is 6.04 Å². The molecule has 1 saturated heterocycles. The quantitative estimate of drug-likeness (QED) is 0.229. The minimum Gasteiger partial charge on any atom is -0.397 e. The summed E-state index contributed by atoms with van der Waals surface area (Å²) in [5.74, 6) is -0.461. The van der Waals surface area contributed by atoms with Gasteiger partial charge in [-0.15, -0.1) is 0 Å². The van der Waals surface area contributed by atoms with Gasteiger partial charge >= 0.3 is 0 Å². The third-order valence-electron chi connectivity index (χ3n) is 6.68. The van der Waals surface area contributed by atoms with Crippen molar-refractivity contribution in [3.63, 3.8) is 0 Å². The average molecular weight is 523 g/mol. The Morgan fingerprint density at radius 3 is 2.36 bits per heavy atom. The van der Waals surface area contributed by atoms with E-state index in [1.807, 2.05) is 36.4 Å². The Labute approximate surface area is 229 Å². The second-order valence-electron chi connectivity index (χ2n) is 9.54. The zero-order valence-electron chi connectivity index (χ0n) is 21.9. The number of piperidine rings is 1. The van der Waals surface area contributed by atoms with Crippen LogP contribution in [-0.2, 0) is 9.59 Å². The van der Waals surface area contributed by atoms with Gasteiger partial charge in [-0.1, -0.05) is 42.8 Å². The SMILES string of the molecule is N#Cc1ccc(NC(=O)C(NCCN2CCCCC2)c2ccc(/C=C/C(=O)Nc3ccccc3N)cc2)cc1. The normalized spacial score (nSPS) is 14.4. The molecule has 3 aromatic rings. The monoisotopic (exact) mass is 522 g/mol. The van der Waals surface area contributed by atoms with Gasteiger partial charge in [-0.2, -0.15) is 5.26 Å². The minimum atomic E-state index is -0.562. The van der Waals surface area contributed by atoms with Crippen molar-refractivity contribution >= 4 is 35.0 Å². The van der Waals surface area contributed by atoms with Crippen LogP contribution in [0.25, 0.3) is 6.08 Å². The van der Waals surface area contributed by atoms with E-state index in [0.717, 1.165) is 30.8 Å². The Morgan fingerprint density at radius 1 is 0.949 bits per heavy atom. The number of carbonyl (C=O) groups is 2. The molecule has 1 aliphatic rings. The number of hydrogen-bond donors (Lipinski definition) is 4. The summed E-state index contributed by atoms with van der Waals surface area (Å²) in [6.45, 7) is 3.74. The van der Waals surface area contributed by atoms with Crippen molar-refractivity contribution in [1.82, 2.24) is 10.2 Å². The molecule has 1 unspecified atom stereocenters. The maximum atomic E-state index is 13.3. The molecule has 4 rings (SSSR count). The molecule has 1 fully saturated rings. The van der Waals surface area contributed by atoms with Crippen LogP contribution in [0.4, 0.5) is 17.1 Å². The summed E-state index contributed by atoms with van der Waals surface area (Å²) in [4.78, 5) is 28.1. The van der Waals surface area contributed by atoms with Crippen LogP contribution in [0, 0.1) is 11.3 Å². The first-order chi connectivity index (χ1) is 19.0. The third kappa shape index (κ3) is 8.27. The van der Waals surface area contributed by atoms with Gasteiger partial charge in [0.25, 0.3) is 0 Å². The molecule has 39 heavy (non-hydrogen) atoms. The molecule has 1 heterocycles. The number of carbonyl (C=O) groups excluding carboxylic acids is 2. The van der Waals surface area contributed by atoms with Crippen LogP contribution in [0.1, 0.15) is 42.0 Å². The predicted octanol–water partition coefficient (Wildman–Crippen LogP) is 4.55. The Balaban J connectivity index is 1.42. The highest BCUT2D eigenvalue weighted by atomic mass is 16.2. The number of nitrogens with two attached hydrogens (primary N) is 1. The van der Waals surface area contributed by atoms with Crippen LogP contribution in [0.2, 0.25) is 0 Å². The second-order valence-corrected chi connectivity index (χ2v) is 9.54. The summed E-state index contributed by atoms with van der Waals surface area (Å²) in [6, 6.07) is 23.0. The standard InChI is InChI=1S/C31H34N6O2/c32-22-24-10-15-26(16-11-24)35-31(39)30(34-18-21-37-19-4-1-5-20-37)25-13-8-23(9-14-25)12-17-29(38)36-28-7-3-2-6-27(28)33/h2-3,6-17,30,34H,1,4-5,18-21,33H2,(H,35,39)(H,36,38)/b17-12+. The Morgan fingerprint density at radius 2 is 1.67 bits per heavy atom. The molecule has 5 N–H and O–H groups in total. The Hall–Kier alpha value is -4.45. The number of nitrogens with zero attached hydrogens (tertiary/aromatic N) is 2. The maximum Gasteiger partial charge on any atom is 0.248 e. The minimum absolute atomic E-state index is 0.179. The molecule has 1 atom stereocenters. The van der Waals surface area contributed by atoms with E-state index in [9.17, 15) is 9.59 Å². The summed E-state index contributed by atoms with van der Waals surface area (Å²) in [5.41, 5.74) is 9.77. The highest BCUT2D eigenvalue weighted by Crippen LogP contribution is 2.20. The van der Waals surface area contributed by atoms with Crippen LogP contribution in [-0.4, -0.2) is 42.9 Å². The number of nitrogen functional groups attached to an aromatic ring is 1. The molecule has 3 aromatic carbocycles. The van der Waals surface area contributed by atoms with Gasteiger partial charge in [-0.25, -0.2) is 0 Å². The maximum absolute atomic E-state index is 13.3. The van der Waals surface area contributed by atoms with Crippen molar-refractivity contribution in [2.45, 2.75) is 25.3 Å². The van der Waals surface area contributed by atoms with E-state index in [0.29, 0.717) is 29.2 Å². The summed E-state index contributed by atoms with van der Waals surface area (Å²) in [6.07, 6.45) is 6.88. The van der Waals surface area contributed by atoms with E-state index in [1.165, 1.54) is 25.3 Å². The van der Waals surface area contributed by atoms with E-state index >= 15 is 0 Å². The number of benzene rings is 3. The van der Waals surface area contributed by atoms with Crippen molar-refractivity contribution in [3.05, 3.63) is 95.6 Å². The first-order valence-electron chi connectivity index (χ1n) is 13.2. The van der Waals surface area contributed by atoms with Gasteiger partial charge in [-0.3, -0.25) is 9.59 Å². The van der Waals surface area contributed by atoms with Gasteiger partial charge in [-0.05, 0) is 79.5 Å². The van der Waals surface area contributed by atoms with Crippen molar-refractivity contribution in [2.24, 2.45) is 0 Å². The lowest BCUT2D eigenvalue weighted by Crippen LogP contribution is -2.40. The van der Waals surface area contributed by atoms with Gasteiger partial charge in [0.05, 0.1) is 23.0 Å². The lowest BCUT2D eigenvalue weighted by molar-refractivity contribution is -0.118. The van der Waals surface area contributed by atoms with E-state index in [-0.39, 0.29) is 11.8 Å². The lowest BCUT2D eigenvalue weighted by atomic mass is 10.0. The first kappa shape index (κ1) is 27.6. The molecule has 0 radical (unpaired) electrons. The smallest absolute Gasteiger partial charge is 0.248 e. The Bertz CT molecular complexity index is 1320. The van der Waals surface area contributed by atoms with Crippen LogP contribution in [0.3, 0.4) is 0 Å². The predicted molar refractivity (Wildman–Crippen MR) is 156 cm³/mol. The van der Waals surface area contributed by atoms with Crippen LogP contribution < -0.4 is 21.7 Å². The molecule has 200 valence electrons. The van der Waals surface area contributed by atoms with Gasteiger partial charge < -0.3 is 26.6 Å². The molecule has 2 amide bonds. The van der Waals surface area contributed by atoms with E-state index in [1.54, 1.807) is 42.5 Å². The van der Waals surface area contributed by atoms with Gasteiger partial charge in [0.2, 0.25) is 11.8 Å². The molecule has 0 spiro atoms. The van der Waals surface area contributed by atoms with E-state index < -0.39 is 6.04 Å². The molecular weight excluding hydrogens is 488 g/mol. The summed E-state index contributed by atoms with van der Waals surface area (Å²) < 4.78 is 0. The van der Waals surface area contributed by atoms with Crippen molar-refractivity contribution in [1.29, 1.82) is 5.26 Å². The topological polar surface area (TPSA) is 123 Å². The molecule has 1 aliphatic heterocycles. The number of nitriles is 1. The number of likely N-dealkylation sites (tertiary alicyclic amines) is 1. The number of para-hydroxylation sites is 2. The molecule has 0 aromatic heterocycles. The zero-order chi connectivity index (χ0) is 27.5. The number of anilines is 3. The number of amides is 2. The van der Waals surface area contributed by atoms with Gasteiger partial charge in [0.15, 0.2) is 0 Å². The summed E-state index contributed by atoms with van der Waals surface area (Å²) in [5, 5.41) is 18.2. The molecule has 8 heteroatoms. The van der Waals surface area contributed by atoms with Crippen LogP contribution in [0.15, 0.2) is 78.9 Å². The van der Waals surface area contributed by atoms with Crippen molar-refractivity contribution in [2.75, 3.05) is 42.5 Å². The molecular formula is C31H34N6O2. The highest BCUT2D eigenvalue weighted by molar-refractivity contribution is 6.03. The van der Waals surface area contributed by atoms with Crippen LogP contribution in [0.5, 0.6) is 0 Å². The molecule has 0 aliphatic carbocycles. The molecule has 0 bridgehead atoms. The lowest BCUT2D eigenvalue weighted by Gasteiger charge is -2.27. The fourth-order valence-electron chi connectivity index (χ4n) is 4.51. The number of nitrogens with one attached hydrogen (secondary N) is 3. The Kier molecular flexibility index (Phi) is 9.84. The van der Waals surface area contributed by atoms with Gasteiger partial charge in [0, 0.05) is 24.9 Å². The fraction of sp³-hybridized carbons (Fsp3) is 0.258. The number of rotatable bonds is 10. The fourth-order valence-corrected chi connectivity index (χ4v) is 4.51. The summed E-state index contributed by atoms with van der Waals surface area (Å²) >= 11 is 0. The van der Waals surface area contributed by atoms with E-state index in [2.05, 4.69) is 26.9 Å². The summed E-state index contributed by atoms with van der Waals surface area (Å²) in [7, 11) is 0.